The van der Waals surface area contributed by atoms with E-state index in [1.165, 1.54) is 10.2 Å². The van der Waals surface area contributed by atoms with Crippen LogP contribution in [0.3, 0.4) is 0 Å². The normalized spacial score (nSPS) is 10.6. The van der Waals surface area contributed by atoms with Crippen LogP contribution in [0.1, 0.15) is 24.8 Å². The third-order valence-electron chi connectivity index (χ3n) is 3.38. The van der Waals surface area contributed by atoms with Crippen LogP contribution in [-0.2, 0) is 13.5 Å². The van der Waals surface area contributed by atoms with E-state index in [4.69, 9.17) is 11.6 Å². The Labute approximate surface area is 129 Å². The number of rotatable bonds is 7. The van der Waals surface area contributed by atoms with Crippen molar-refractivity contribution in [3.8, 4) is 0 Å². The van der Waals surface area contributed by atoms with Crippen molar-refractivity contribution in [3.05, 3.63) is 57.5 Å². The topological polar surface area (TPSA) is 46.9 Å². The van der Waals surface area contributed by atoms with E-state index in [1.54, 1.807) is 13.2 Å². The Kier molecular flexibility index (Phi) is 5.81. The zero-order chi connectivity index (χ0) is 15.1. The Morgan fingerprint density at radius 3 is 2.71 bits per heavy atom. The fourth-order valence-electron chi connectivity index (χ4n) is 2.13. The van der Waals surface area contributed by atoms with Gasteiger partial charge in [0.1, 0.15) is 5.02 Å². The number of halogens is 1. The molecule has 21 heavy (non-hydrogen) atoms. The van der Waals surface area contributed by atoms with Crippen molar-refractivity contribution >= 4 is 17.3 Å². The minimum absolute atomic E-state index is 0.205. The quantitative estimate of drug-likeness (QED) is 0.799. The molecule has 1 N–H and O–H groups in total. The molecule has 0 aliphatic carbocycles. The molecule has 4 nitrogen and oxygen atoms in total. The molecule has 2 rings (SSSR count). The van der Waals surface area contributed by atoms with E-state index in [0.29, 0.717) is 5.69 Å². The highest BCUT2D eigenvalue weighted by Crippen LogP contribution is 2.15. The number of benzene rings is 1. The van der Waals surface area contributed by atoms with Gasteiger partial charge in [0.25, 0.3) is 5.56 Å². The van der Waals surface area contributed by atoms with Crippen LogP contribution in [0.2, 0.25) is 5.02 Å². The lowest BCUT2D eigenvalue weighted by molar-refractivity contribution is 0.692. The molecule has 0 saturated heterocycles. The summed E-state index contributed by atoms with van der Waals surface area (Å²) in [5.41, 5.74) is 1.72. The fraction of sp³-hybridized carbons (Fsp3) is 0.375. The van der Waals surface area contributed by atoms with Crippen LogP contribution < -0.4 is 10.9 Å². The summed E-state index contributed by atoms with van der Waals surface area (Å²) in [6.45, 7) is 0.795. The summed E-state index contributed by atoms with van der Waals surface area (Å²) in [5.74, 6) is 0. The van der Waals surface area contributed by atoms with Gasteiger partial charge in [-0.25, -0.2) is 4.68 Å². The molecular weight excluding hydrogens is 286 g/mol. The van der Waals surface area contributed by atoms with Crippen LogP contribution in [0.15, 0.2) is 41.3 Å². The van der Waals surface area contributed by atoms with Crippen LogP contribution in [-0.4, -0.2) is 16.3 Å². The fourth-order valence-corrected chi connectivity index (χ4v) is 2.37. The number of anilines is 1. The van der Waals surface area contributed by atoms with Crippen molar-refractivity contribution in [1.82, 2.24) is 9.78 Å². The molecule has 0 fully saturated rings. The van der Waals surface area contributed by atoms with Crippen molar-refractivity contribution in [3.63, 3.8) is 0 Å². The average Bonchev–Trinajstić information content (AvgIpc) is 2.51. The Bertz CT molecular complexity index is 625. The van der Waals surface area contributed by atoms with E-state index in [-0.39, 0.29) is 10.6 Å². The summed E-state index contributed by atoms with van der Waals surface area (Å²) < 4.78 is 1.23. The molecule has 0 spiro atoms. The van der Waals surface area contributed by atoms with Crippen molar-refractivity contribution in [2.45, 2.75) is 25.7 Å². The predicted molar refractivity (Wildman–Crippen MR) is 87.0 cm³/mol. The number of hydrogen-bond donors (Lipinski definition) is 1. The molecule has 0 saturated carbocycles. The molecule has 1 aromatic heterocycles. The van der Waals surface area contributed by atoms with Crippen molar-refractivity contribution < 1.29 is 0 Å². The summed E-state index contributed by atoms with van der Waals surface area (Å²) in [4.78, 5) is 11.6. The predicted octanol–water partition coefficient (Wildman–Crippen LogP) is 3.26. The first-order chi connectivity index (χ1) is 10.2. The minimum atomic E-state index is -0.272. The van der Waals surface area contributed by atoms with Gasteiger partial charge in [0.05, 0.1) is 11.9 Å². The monoisotopic (exact) mass is 305 g/mol. The second kappa shape index (κ2) is 7.84. The number of nitrogens with zero attached hydrogens (tertiary/aromatic N) is 2. The SMILES string of the molecule is Cn1ncc(NCCCCCc2ccccc2)c(Cl)c1=O. The van der Waals surface area contributed by atoms with Gasteiger partial charge in [0.2, 0.25) is 0 Å². The Balaban J connectivity index is 1.68. The van der Waals surface area contributed by atoms with Gasteiger partial charge in [0.15, 0.2) is 0 Å². The molecule has 0 atom stereocenters. The average molecular weight is 306 g/mol. The second-order valence-electron chi connectivity index (χ2n) is 5.02. The van der Waals surface area contributed by atoms with E-state index in [2.05, 4.69) is 34.7 Å². The molecule has 2 aromatic rings. The Morgan fingerprint density at radius 1 is 1.19 bits per heavy atom. The number of nitrogens with one attached hydrogen (secondary N) is 1. The van der Waals surface area contributed by atoms with E-state index in [0.717, 1.165) is 32.2 Å². The zero-order valence-corrected chi connectivity index (χ0v) is 12.9. The largest absolute Gasteiger partial charge is 0.382 e. The lowest BCUT2D eigenvalue weighted by Gasteiger charge is -2.08. The highest BCUT2D eigenvalue weighted by molar-refractivity contribution is 6.32. The molecule has 0 unspecified atom stereocenters. The summed E-state index contributed by atoms with van der Waals surface area (Å²) in [5, 5.41) is 7.33. The zero-order valence-electron chi connectivity index (χ0n) is 12.2. The van der Waals surface area contributed by atoms with Gasteiger partial charge in [-0.1, -0.05) is 48.4 Å². The maximum absolute atomic E-state index is 11.6. The maximum atomic E-state index is 11.6. The number of unbranched alkanes of at least 4 members (excludes halogenated alkanes) is 2. The summed E-state index contributed by atoms with van der Waals surface area (Å²) in [6, 6.07) is 10.5. The second-order valence-corrected chi connectivity index (χ2v) is 5.40. The molecule has 0 amide bonds. The van der Waals surface area contributed by atoms with Crippen molar-refractivity contribution in [2.24, 2.45) is 7.05 Å². The molecule has 112 valence electrons. The van der Waals surface area contributed by atoms with E-state index < -0.39 is 0 Å². The van der Waals surface area contributed by atoms with Gasteiger partial charge < -0.3 is 5.32 Å². The molecule has 0 bridgehead atoms. The van der Waals surface area contributed by atoms with Crippen LogP contribution in [0.4, 0.5) is 5.69 Å². The molecular formula is C16H20ClN3O. The lowest BCUT2D eigenvalue weighted by Crippen LogP contribution is -2.21. The van der Waals surface area contributed by atoms with E-state index >= 15 is 0 Å². The van der Waals surface area contributed by atoms with Crippen LogP contribution in [0.5, 0.6) is 0 Å². The number of aryl methyl sites for hydroxylation is 2. The maximum Gasteiger partial charge on any atom is 0.287 e. The molecule has 0 aliphatic rings. The first-order valence-electron chi connectivity index (χ1n) is 7.18. The van der Waals surface area contributed by atoms with Gasteiger partial charge in [-0.2, -0.15) is 5.10 Å². The first kappa shape index (κ1) is 15.6. The highest BCUT2D eigenvalue weighted by Gasteiger charge is 2.06. The van der Waals surface area contributed by atoms with Gasteiger partial charge in [-0.3, -0.25) is 4.79 Å². The minimum Gasteiger partial charge on any atom is -0.382 e. The first-order valence-corrected chi connectivity index (χ1v) is 7.56. The third kappa shape index (κ3) is 4.60. The molecule has 1 heterocycles. The van der Waals surface area contributed by atoms with E-state index in [1.807, 2.05) is 6.07 Å². The van der Waals surface area contributed by atoms with Gasteiger partial charge in [-0.05, 0) is 24.8 Å². The summed E-state index contributed by atoms with van der Waals surface area (Å²) in [7, 11) is 1.58. The summed E-state index contributed by atoms with van der Waals surface area (Å²) >= 11 is 5.98. The van der Waals surface area contributed by atoms with Crippen molar-refractivity contribution in [1.29, 1.82) is 0 Å². The summed E-state index contributed by atoms with van der Waals surface area (Å²) in [6.07, 6.45) is 6.03. The van der Waals surface area contributed by atoms with Crippen LogP contribution in [0.25, 0.3) is 0 Å². The van der Waals surface area contributed by atoms with E-state index in [9.17, 15) is 4.79 Å². The smallest absolute Gasteiger partial charge is 0.287 e. The van der Waals surface area contributed by atoms with Gasteiger partial charge in [0, 0.05) is 13.6 Å². The Morgan fingerprint density at radius 2 is 1.95 bits per heavy atom. The lowest BCUT2D eigenvalue weighted by atomic mass is 10.1. The van der Waals surface area contributed by atoms with Gasteiger partial charge >= 0.3 is 0 Å². The third-order valence-corrected chi connectivity index (χ3v) is 3.74. The number of aromatic nitrogens is 2. The highest BCUT2D eigenvalue weighted by atomic mass is 35.5. The van der Waals surface area contributed by atoms with Gasteiger partial charge in [-0.15, -0.1) is 0 Å². The Hall–Kier alpha value is -1.81. The number of hydrogen-bond acceptors (Lipinski definition) is 3. The van der Waals surface area contributed by atoms with Crippen LogP contribution >= 0.6 is 11.6 Å². The standard InChI is InChI=1S/C16H20ClN3O/c1-20-16(21)15(17)14(12-19-20)18-11-7-3-6-10-13-8-4-2-5-9-13/h2,4-5,8-9,12,18H,3,6-7,10-11H2,1H3. The van der Waals surface area contributed by atoms with Crippen LogP contribution in [0, 0.1) is 0 Å². The van der Waals surface area contributed by atoms with Crippen molar-refractivity contribution in [2.75, 3.05) is 11.9 Å². The molecule has 5 heteroatoms. The molecule has 0 aliphatic heterocycles. The molecule has 0 radical (unpaired) electrons. The molecule has 1 aromatic carbocycles.